The van der Waals surface area contributed by atoms with E-state index in [0.717, 1.165) is 17.7 Å². The molecule has 1 aromatic rings. The number of hydrogen-bond acceptors (Lipinski definition) is 4. The molecule has 0 unspecified atom stereocenters. The van der Waals surface area contributed by atoms with Crippen LogP contribution in [0.4, 0.5) is 5.69 Å². The molecule has 1 aliphatic rings. The number of aliphatic hydroxyl groups is 1. The van der Waals surface area contributed by atoms with Crippen LogP contribution in [-0.4, -0.2) is 34.6 Å². The lowest BCUT2D eigenvalue weighted by Gasteiger charge is -2.18. The largest absolute Gasteiger partial charge is 0.478 e. The fraction of sp³-hybridized carbons (Fsp3) is 0.417. The lowest BCUT2D eigenvalue weighted by molar-refractivity contribution is 0.0694. The van der Waals surface area contributed by atoms with Gasteiger partial charge in [-0.15, -0.1) is 11.8 Å². The van der Waals surface area contributed by atoms with Crippen molar-refractivity contribution in [1.29, 1.82) is 0 Å². The van der Waals surface area contributed by atoms with Gasteiger partial charge in [0, 0.05) is 4.90 Å². The molecule has 0 heterocycles. The standard InChI is InChI=1S/C12H15NO3S/c1-17-9-4-2-3-8(10(9)11(15)16)13-12(7-14)5-6-12/h2-4,13-14H,5-7H2,1H3,(H,15,16). The van der Waals surface area contributed by atoms with Crippen molar-refractivity contribution in [2.75, 3.05) is 18.2 Å². The summed E-state index contributed by atoms with van der Waals surface area (Å²) in [5, 5.41) is 21.7. The Bertz CT molecular complexity index is 443. The average molecular weight is 253 g/mol. The summed E-state index contributed by atoms with van der Waals surface area (Å²) in [4.78, 5) is 12.0. The molecule has 5 heteroatoms. The fourth-order valence-corrected chi connectivity index (χ4v) is 2.40. The number of carboxylic acids is 1. The van der Waals surface area contributed by atoms with Gasteiger partial charge in [0.2, 0.25) is 0 Å². The van der Waals surface area contributed by atoms with Crippen molar-refractivity contribution in [3.8, 4) is 0 Å². The van der Waals surface area contributed by atoms with Crippen molar-refractivity contribution in [3.05, 3.63) is 23.8 Å². The topological polar surface area (TPSA) is 69.6 Å². The van der Waals surface area contributed by atoms with Gasteiger partial charge in [-0.05, 0) is 31.2 Å². The molecule has 0 amide bonds. The third kappa shape index (κ3) is 2.40. The van der Waals surface area contributed by atoms with Gasteiger partial charge in [-0.3, -0.25) is 0 Å². The van der Waals surface area contributed by atoms with Crippen LogP contribution in [0.3, 0.4) is 0 Å². The molecule has 2 rings (SSSR count). The molecule has 0 aliphatic heterocycles. The Kier molecular flexibility index (Phi) is 3.31. The van der Waals surface area contributed by atoms with Gasteiger partial charge in [0.25, 0.3) is 0 Å². The van der Waals surface area contributed by atoms with E-state index in [4.69, 9.17) is 0 Å². The van der Waals surface area contributed by atoms with Gasteiger partial charge < -0.3 is 15.5 Å². The number of hydrogen-bond donors (Lipinski definition) is 3. The van der Waals surface area contributed by atoms with E-state index in [1.165, 1.54) is 11.8 Å². The van der Waals surface area contributed by atoms with Crippen LogP contribution in [0.1, 0.15) is 23.2 Å². The van der Waals surface area contributed by atoms with Crippen molar-refractivity contribution in [2.24, 2.45) is 0 Å². The van der Waals surface area contributed by atoms with Crippen molar-refractivity contribution >= 4 is 23.4 Å². The molecule has 4 nitrogen and oxygen atoms in total. The summed E-state index contributed by atoms with van der Waals surface area (Å²) >= 11 is 1.41. The summed E-state index contributed by atoms with van der Waals surface area (Å²) in [5.41, 5.74) is 0.581. The lowest BCUT2D eigenvalue weighted by Crippen LogP contribution is -2.26. The van der Waals surface area contributed by atoms with Crippen LogP contribution >= 0.6 is 11.8 Å². The maximum atomic E-state index is 11.3. The minimum Gasteiger partial charge on any atom is -0.478 e. The Labute approximate surface area is 104 Å². The molecule has 1 aromatic carbocycles. The van der Waals surface area contributed by atoms with Crippen LogP contribution in [0, 0.1) is 0 Å². The minimum atomic E-state index is -0.939. The second kappa shape index (κ2) is 4.58. The van der Waals surface area contributed by atoms with Crippen LogP contribution in [0.25, 0.3) is 0 Å². The number of rotatable bonds is 5. The van der Waals surface area contributed by atoms with Crippen LogP contribution in [0.5, 0.6) is 0 Å². The summed E-state index contributed by atoms with van der Waals surface area (Å²) < 4.78 is 0. The van der Waals surface area contributed by atoms with Crippen LogP contribution in [0.15, 0.2) is 23.1 Å². The first-order chi connectivity index (χ1) is 8.12. The van der Waals surface area contributed by atoms with Gasteiger partial charge in [0.15, 0.2) is 0 Å². The Morgan fingerprint density at radius 2 is 2.24 bits per heavy atom. The molecule has 0 atom stereocenters. The van der Waals surface area contributed by atoms with Crippen molar-refractivity contribution < 1.29 is 15.0 Å². The molecule has 1 saturated carbocycles. The fourth-order valence-electron chi connectivity index (χ4n) is 1.79. The molecule has 0 bridgehead atoms. The number of benzene rings is 1. The third-order valence-electron chi connectivity index (χ3n) is 3.02. The predicted octanol–water partition coefficient (Wildman–Crippen LogP) is 2.04. The second-order valence-electron chi connectivity index (χ2n) is 4.25. The second-order valence-corrected chi connectivity index (χ2v) is 5.10. The molecule has 0 radical (unpaired) electrons. The first-order valence-corrected chi connectivity index (χ1v) is 6.64. The molecule has 1 aliphatic carbocycles. The number of carboxylic acid groups (broad SMARTS) is 1. The van der Waals surface area contributed by atoms with Crippen molar-refractivity contribution in [2.45, 2.75) is 23.3 Å². The smallest absolute Gasteiger partial charge is 0.338 e. The Morgan fingerprint density at radius 1 is 1.53 bits per heavy atom. The summed E-state index contributed by atoms with van der Waals surface area (Å²) in [6.45, 7) is 0.0373. The number of carbonyl (C=O) groups is 1. The van der Waals surface area contributed by atoms with Crippen molar-refractivity contribution in [1.82, 2.24) is 0 Å². The minimum absolute atomic E-state index is 0.0373. The van der Waals surface area contributed by atoms with Gasteiger partial charge >= 0.3 is 5.97 Å². The van der Waals surface area contributed by atoms with Crippen LogP contribution in [-0.2, 0) is 0 Å². The van der Waals surface area contributed by atoms with Crippen LogP contribution < -0.4 is 5.32 Å². The molecular weight excluding hydrogens is 238 g/mol. The van der Waals surface area contributed by atoms with E-state index in [-0.39, 0.29) is 12.1 Å². The zero-order valence-corrected chi connectivity index (χ0v) is 10.4. The molecule has 92 valence electrons. The summed E-state index contributed by atoms with van der Waals surface area (Å²) in [6.07, 6.45) is 3.61. The van der Waals surface area contributed by atoms with Gasteiger partial charge in [-0.25, -0.2) is 4.79 Å². The summed E-state index contributed by atoms with van der Waals surface area (Å²) in [5.74, 6) is -0.939. The van der Waals surface area contributed by atoms with Crippen LogP contribution in [0.2, 0.25) is 0 Å². The van der Waals surface area contributed by atoms with E-state index in [1.54, 1.807) is 12.1 Å². The maximum Gasteiger partial charge on any atom is 0.338 e. The Morgan fingerprint density at radius 3 is 2.71 bits per heavy atom. The van der Waals surface area contributed by atoms with E-state index in [9.17, 15) is 15.0 Å². The number of thioether (sulfide) groups is 1. The molecule has 1 fully saturated rings. The Hall–Kier alpha value is -1.20. The van der Waals surface area contributed by atoms with E-state index in [0.29, 0.717) is 11.3 Å². The molecule has 17 heavy (non-hydrogen) atoms. The highest BCUT2D eigenvalue weighted by Gasteiger charge is 2.42. The predicted molar refractivity (Wildman–Crippen MR) is 67.9 cm³/mol. The lowest BCUT2D eigenvalue weighted by atomic mass is 10.1. The number of nitrogens with one attached hydrogen (secondary N) is 1. The van der Waals surface area contributed by atoms with Crippen molar-refractivity contribution in [3.63, 3.8) is 0 Å². The van der Waals surface area contributed by atoms with E-state index < -0.39 is 5.97 Å². The van der Waals surface area contributed by atoms with E-state index >= 15 is 0 Å². The Balaban J connectivity index is 2.36. The normalized spacial score (nSPS) is 16.6. The van der Waals surface area contributed by atoms with E-state index in [1.807, 2.05) is 12.3 Å². The molecule has 0 spiro atoms. The SMILES string of the molecule is CSc1cccc(NC2(CO)CC2)c1C(=O)O. The summed E-state index contributed by atoms with van der Waals surface area (Å²) in [7, 11) is 0. The molecular formula is C12H15NO3S. The monoisotopic (exact) mass is 253 g/mol. The van der Waals surface area contributed by atoms with Gasteiger partial charge in [0.1, 0.15) is 0 Å². The number of anilines is 1. The summed E-state index contributed by atoms with van der Waals surface area (Å²) in [6, 6.07) is 5.37. The van der Waals surface area contributed by atoms with Gasteiger partial charge in [-0.2, -0.15) is 0 Å². The molecule has 0 saturated heterocycles. The highest BCUT2D eigenvalue weighted by Crippen LogP contribution is 2.40. The van der Waals surface area contributed by atoms with Gasteiger partial charge in [-0.1, -0.05) is 6.07 Å². The van der Waals surface area contributed by atoms with Gasteiger partial charge in [0.05, 0.1) is 23.4 Å². The third-order valence-corrected chi connectivity index (χ3v) is 3.80. The number of aromatic carboxylic acids is 1. The quantitative estimate of drug-likeness (QED) is 0.701. The highest BCUT2D eigenvalue weighted by molar-refractivity contribution is 7.98. The molecule has 0 aromatic heterocycles. The molecule has 3 N–H and O–H groups in total. The first kappa shape index (κ1) is 12.3. The van der Waals surface area contributed by atoms with E-state index in [2.05, 4.69) is 5.32 Å². The maximum absolute atomic E-state index is 11.3. The first-order valence-electron chi connectivity index (χ1n) is 5.41. The zero-order valence-electron chi connectivity index (χ0n) is 9.56. The highest BCUT2D eigenvalue weighted by atomic mass is 32.2. The number of aliphatic hydroxyl groups excluding tert-OH is 1. The zero-order chi connectivity index (χ0) is 12.5. The average Bonchev–Trinajstić information content (AvgIpc) is 3.08.